The third kappa shape index (κ3) is 6.48. The molecule has 0 bridgehead atoms. The van der Waals surface area contributed by atoms with Gasteiger partial charge in [0, 0.05) is 0 Å². The third-order valence-electron chi connectivity index (χ3n) is 2.96. The average Bonchev–Trinajstić information content (AvgIpc) is 2.30. The molecule has 1 N–H and O–H groups in total. The van der Waals surface area contributed by atoms with Crippen LogP contribution in [0.2, 0.25) is 0 Å². The van der Waals surface area contributed by atoms with Gasteiger partial charge in [-0.15, -0.1) is 0 Å². The van der Waals surface area contributed by atoms with Crippen LogP contribution in [0, 0.1) is 5.92 Å². The summed E-state index contributed by atoms with van der Waals surface area (Å²) in [6.45, 7) is 9.03. The molecule has 0 fully saturated rings. The third-order valence-corrected chi connectivity index (χ3v) is 2.96. The van der Waals surface area contributed by atoms with Gasteiger partial charge in [0.15, 0.2) is 0 Å². The summed E-state index contributed by atoms with van der Waals surface area (Å²) >= 11 is 0. The monoisotopic (exact) mass is 233 g/mol. The van der Waals surface area contributed by atoms with Crippen molar-refractivity contribution in [2.24, 2.45) is 5.92 Å². The second-order valence-corrected chi connectivity index (χ2v) is 5.27. The summed E-state index contributed by atoms with van der Waals surface area (Å²) in [5, 5.41) is 3.48. The standard InChI is InChI=1S/C16H27N/c1-4-5-11-17-12-10-15-6-8-16(9-7-15)13-14(2)3/h6-9,14,17H,4-5,10-13H2,1-3H3. The summed E-state index contributed by atoms with van der Waals surface area (Å²) in [7, 11) is 0. The van der Waals surface area contributed by atoms with Crippen molar-refractivity contribution in [1.82, 2.24) is 5.32 Å². The Balaban J connectivity index is 2.25. The van der Waals surface area contributed by atoms with Gasteiger partial charge in [-0.1, -0.05) is 51.5 Å². The van der Waals surface area contributed by atoms with Crippen LogP contribution in [0.3, 0.4) is 0 Å². The summed E-state index contributed by atoms with van der Waals surface area (Å²) < 4.78 is 0. The van der Waals surface area contributed by atoms with Crippen molar-refractivity contribution in [2.75, 3.05) is 13.1 Å². The predicted octanol–water partition coefficient (Wildman–Crippen LogP) is 3.82. The molecule has 1 rings (SSSR count). The van der Waals surface area contributed by atoms with Gasteiger partial charge in [-0.3, -0.25) is 0 Å². The second-order valence-electron chi connectivity index (χ2n) is 5.27. The molecule has 1 heteroatoms. The van der Waals surface area contributed by atoms with Gasteiger partial charge < -0.3 is 5.32 Å². The van der Waals surface area contributed by atoms with E-state index in [0.29, 0.717) is 0 Å². The minimum Gasteiger partial charge on any atom is -0.316 e. The van der Waals surface area contributed by atoms with Gasteiger partial charge in [0.05, 0.1) is 0 Å². The molecular formula is C16H27N. The SMILES string of the molecule is CCCCNCCc1ccc(CC(C)C)cc1. The molecule has 96 valence electrons. The van der Waals surface area contributed by atoms with Crippen LogP contribution < -0.4 is 5.32 Å². The van der Waals surface area contributed by atoms with E-state index in [2.05, 4.69) is 50.4 Å². The van der Waals surface area contributed by atoms with Crippen molar-refractivity contribution in [3.05, 3.63) is 35.4 Å². The van der Waals surface area contributed by atoms with E-state index < -0.39 is 0 Å². The number of benzene rings is 1. The van der Waals surface area contributed by atoms with Gasteiger partial charge in [0.25, 0.3) is 0 Å². The molecule has 0 spiro atoms. The lowest BCUT2D eigenvalue weighted by atomic mass is 10.0. The molecule has 1 nitrogen and oxygen atoms in total. The van der Waals surface area contributed by atoms with Gasteiger partial charge in [-0.2, -0.15) is 0 Å². The van der Waals surface area contributed by atoms with Crippen molar-refractivity contribution in [1.29, 1.82) is 0 Å². The topological polar surface area (TPSA) is 12.0 Å². The Bertz CT molecular complexity index is 287. The van der Waals surface area contributed by atoms with Crippen LogP contribution in [0.4, 0.5) is 0 Å². The predicted molar refractivity (Wildman–Crippen MR) is 76.5 cm³/mol. The minimum absolute atomic E-state index is 0.747. The Hall–Kier alpha value is -0.820. The lowest BCUT2D eigenvalue weighted by molar-refractivity contribution is 0.638. The molecule has 17 heavy (non-hydrogen) atoms. The summed E-state index contributed by atoms with van der Waals surface area (Å²) in [4.78, 5) is 0. The number of hydrogen-bond acceptors (Lipinski definition) is 1. The summed E-state index contributed by atoms with van der Waals surface area (Å²) in [6, 6.07) is 9.11. The van der Waals surface area contributed by atoms with Crippen molar-refractivity contribution in [2.45, 2.75) is 46.5 Å². The minimum atomic E-state index is 0.747. The molecule has 0 amide bonds. The molecule has 1 aromatic carbocycles. The van der Waals surface area contributed by atoms with Crippen molar-refractivity contribution in [3.63, 3.8) is 0 Å². The molecule has 1 aromatic rings. The maximum absolute atomic E-state index is 3.48. The molecule has 0 radical (unpaired) electrons. The molecule has 0 atom stereocenters. The lowest BCUT2D eigenvalue weighted by Gasteiger charge is -2.07. The maximum atomic E-state index is 3.48. The Morgan fingerprint density at radius 3 is 2.24 bits per heavy atom. The van der Waals surface area contributed by atoms with E-state index in [1.807, 2.05) is 0 Å². The largest absolute Gasteiger partial charge is 0.316 e. The Kier molecular flexibility index (Phi) is 6.95. The smallest absolute Gasteiger partial charge is 0.000835 e. The van der Waals surface area contributed by atoms with Crippen LogP contribution in [-0.4, -0.2) is 13.1 Å². The normalized spacial score (nSPS) is 11.1. The number of rotatable bonds is 8. The molecule has 0 saturated heterocycles. The molecule has 0 aromatic heterocycles. The fourth-order valence-corrected chi connectivity index (χ4v) is 1.97. The fourth-order valence-electron chi connectivity index (χ4n) is 1.97. The quantitative estimate of drug-likeness (QED) is 0.673. The highest BCUT2D eigenvalue weighted by Crippen LogP contribution is 2.09. The zero-order valence-electron chi connectivity index (χ0n) is 11.6. The molecule has 0 heterocycles. The van der Waals surface area contributed by atoms with Gasteiger partial charge in [0.1, 0.15) is 0 Å². The van der Waals surface area contributed by atoms with Gasteiger partial charge >= 0.3 is 0 Å². The summed E-state index contributed by atoms with van der Waals surface area (Å²) in [5.41, 5.74) is 2.91. The van der Waals surface area contributed by atoms with Gasteiger partial charge in [-0.05, 0) is 49.4 Å². The highest BCUT2D eigenvalue weighted by atomic mass is 14.8. The van der Waals surface area contributed by atoms with E-state index in [0.717, 1.165) is 25.4 Å². The van der Waals surface area contributed by atoms with Crippen LogP contribution in [-0.2, 0) is 12.8 Å². The lowest BCUT2D eigenvalue weighted by Crippen LogP contribution is -2.18. The van der Waals surface area contributed by atoms with Crippen molar-refractivity contribution < 1.29 is 0 Å². The molecule has 0 saturated carbocycles. The summed E-state index contributed by atoms with van der Waals surface area (Å²) in [6.07, 6.45) is 4.89. The second kappa shape index (κ2) is 8.30. The molecular weight excluding hydrogens is 206 g/mol. The zero-order chi connectivity index (χ0) is 12.5. The van der Waals surface area contributed by atoms with Gasteiger partial charge in [0.2, 0.25) is 0 Å². The van der Waals surface area contributed by atoms with Crippen LogP contribution in [0.25, 0.3) is 0 Å². The Morgan fingerprint density at radius 1 is 1.00 bits per heavy atom. The highest BCUT2D eigenvalue weighted by Gasteiger charge is 1.98. The van der Waals surface area contributed by atoms with Crippen molar-refractivity contribution >= 4 is 0 Å². The molecule has 0 aliphatic rings. The van der Waals surface area contributed by atoms with Crippen molar-refractivity contribution in [3.8, 4) is 0 Å². The summed E-state index contributed by atoms with van der Waals surface area (Å²) in [5.74, 6) is 0.747. The molecule has 0 unspecified atom stereocenters. The van der Waals surface area contributed by atoms with E-state index >= 15 is 0 Å². The number of nitrogens with one attached hydrogen (secondary N) is 1. The van der Waals surface area contributed by atoms with E-state index in [1.54, 1.807) is 0 Å². The first-order valence-corrected chi connectivity index (χ1v) is 7.01. The van der Waals surface area contributed by atoms with E-state index in [1.165, 1.54) is 30.4 Å². The zero-order valence-corrected chi connectivity index (χ0v) is 11.6. The number of hydrogen-bond donors (Lipinski definition) is 1. The van der Waals surface area contributed by atoms with Crippen LogP contribution >= 0.6 is 0 Å². The first-order chi connectivity index (χ1) is 8.22. The highest BCUT2D eigenvalue weighted by molar-refractivity contribution is 5.23. The van der Waals surface area contributed by atoms with E-state index in [9.17, 15) is 0 Å². The van der Waals surface area contributed by atoms with Gasteiger partial charge in [-0.25, -0.2) is 0 Å². The average molecular weight is 233 g/mol. The Morgan fingerprint density at radius 2 is 1.65 bits per heavy atom. The van der Waals surface area contributed by atoms with E-state index in [-0.39, 0.29) is 0 Å². The van der Waals surface area contributed by atoms with Crippen LogP contribution in [0.15, 0.2) is 24.3 Å². The molecule has 0 aliphatic carbocycles. The fraction of sp³-hybridized carbons (Fsp3) is 0.625. The first-order valence-electron chi connectivity index (χ1n) is 7.01. The Labute approximate surface area is 107 Å². The number of unbranched alkanes of at least 4 members (excludes halogenated alkanes) is 1. The van der Waals surface area contributed by atoms with Crippen LogP contribution in [0.1, 0.15) is 44.7 Å². The molecule has 0 aliphatic heterocycles. The maximum Gasteiger partial charge on any atom is -0.000835 e. The van der Waals surface area contributed by atoms with Crippen LogP contribution in [0.5, 0.6) is 0 Å². The first kappa shape index (κ1) is 14.2. The van der Waals surface area contributed by atoms with E-state index in [4.69, 9.17) is 0 Å².